The van der Waals surface area contributed by atoms with Gasteiger partial charge in [-0.3, -0.25) is 0 Å². The third kappa shape index (κ3) is 3.55. The summed E-state index contributed by atoms with van der Waals surface area (Å²) < 4.78 is 6.52. The molecule has 0 heterocycles. The van der Waals surface area contributed by atoms with E-state index in [0.29, 0.717) is 22.9 Å². The summed E-state index contributed by atoms with van der Waals surface area (Å²) >= 11 is 0. The van der Waals surface area contributed by atoms with Crippen LogP contribution in [0.15, 0.2) is 84.9 Å². The van der Waals surface area contributed by atoms with Crippen LogP contribution in [-0.2, 0) is 0 Å². The van der Waals surface area contributed by atoms with E-state index in [-0.39, 0.29) is 0 Å². The molecule has 0 spiro atoms. The number of ether oxygens (including phenoxy) is 1. The summed E-state index contributed by atoms with van der Waals surface area (Å²) in [5.41, 5.74) is 20.1. The predicted octanol–water partition coefficient (Wildman–Crippen LogP) is 6.59. The summed E-state index contributed by atoms with van der Waals surface area (Å²) in [5, 5.41) is 0. The molecule has 4 rings (SSSR count). The molecule has 0 saturated carbocycles. The molecule has 0 aliphatic heterocycles. The van der Waals surface area contributed by atoms with E-state index in [0.717, 1.165) is 33.4 Å². The molecule has 0 aromatic heterocycles. The second-order valence-electron chi connectivity index (χ2n) is 7.18. The van der Waals surface area contributed by atoms with Crippen molar-refractivity contribution in [3.05, 3.63) is 96.1 Å². The molecule has 3 heteroatoms. The van der Waals surface area contributed by atoms with Gasteiger partial charge in [0, 0.05) is 11.1 Å². The summed E-state index contributed by atoms with van der Waals surface area (Å²) in [6.07, 6.45) is 0. The van der Waals surface area contributed by atoms with Crippen molar-refractivity contribution in [3.63, 3.8) is 0 Å². The van der Waals surface area contributed by atoms with E-state index in [2.05, 4.69) is 24.3 Å². The van der Waals surface area contributed by atoms with E-state index < -0.39 is 0 Å². The van der Waals surface area contributed by atoms with Crippen LogP contribution in [0.3, 0.4) is 0 Å². The average molecular weight is 380 g/mol. The number of nitrogens with two attached hydrogens (primary N) is 2. The molecule has 0 bridgehead atoms. The maximum atomic E-state index is 6.52. The Bertz CT molecular complexity index is 1060. The molecule has 0 saturated heterocycles. The van der Waals surface area contributed by atoms with Gasteiger partial charge in [0.15, 0.2) is 11.5 Å². The number of aryl methyl sites for hydroxylation is 2. The summed E-state index contributed by atoms with van der Waals surface area (Å²) in [7, 11) is 0. The molecule has 0 amide bonds. The standard InChI is InChI=1S/C26H24N2O/c1-17-13-15-21(19-9-5-3-6-10-19)25(23(17)27)29-26-22(16-14-18(2)24(26)28)20-11-7-4-8-12-20/h3-16H,27-28H2,1-2H3. The summed E-state index contributed by atoms with van der Waals surface area (Å²) in [6.45, 7) is 3.96. The smallest absolute Gasteiger partial charge is 0.158 e. The predicted molar refractivity (Wildman–Crippen MR) is 122 cm³/mol. The zero-order chi connectivity index (χ0) is 20.4. The minimum absolute atomic E-state index is 0.617. The second-order valence-corrected chi connectivity index (χ2v) is 7.18. The fraction of sp³-hybridized carbons (Fsp3) is 0.0769. The van der Waals surface area contributed by atoms with Crippen LogP contribution in [0.25, 0.3) is 22.3 Å². The van der Waals surface area contributed by atoms with Crippen molar-refractivity contribution < 1.29 is 4.74 Å². The van der Waals surface area contributed by atoms with Gasteiger partial charge in [-0.05, 0) is 36.1 Å². The Hall–Kier alpha value is -3.72. The molecule has 0 unspecified atom stereocenters. The van der Waals surface area contributed by atoms with Crippen molar-refractivity contribution in [2.45, 2.75) is 13.8 Å². The minimum atomic E-state index is 0.617. The average Bonchev–Trinajstić information content (AvgIpc) is 2.76. The molecule has 3 nitrogen and oxygen atoms in total. The van der Waals surface area contributed by atoms with E-state index in [1.165, 1.54) is 0 Å². The number of benzene rings is 4. The van der Waals surface area contributed by atoms with Crippen LogP contribution in [0.2, 0.25) is 0 Å². The van der Waals surface area contributed by atoms with E-state index >= 15 is 0 Å². The van der Waals surface area contributed by atoms with Gasteiger partial charge in [0.1, 0.15) is 0 Å². The summed E-state index contributed by atoms with van der Waals surface area (Å²) in [6, 6.07) is 28.3. The topological polar surface area (TPSA) is 61.3 Å². The Labute approximate surface area is 171 Å². The van der Waals surface area contributed by atoms with Crippen LogP contribution in [-0.4, -0.2) is 0 Å². The zero-order valence-electron chi connectivity index (χ0n) is 16.6. The number of hydrogen-bond acceptors (Lipinski definition) is 3. The van der Waals surface area contributed by atoms with E-state index in [4.69, 9.17) is 16.2 Å². The van der Waals surface area contributed by atoms with Crippen LogP contribution in [0, 0.1) is 13.8 Å². The lowest BCUT2D eigenvalue weighted by atomic mass is 9.99. The number of anilines is 2. The van der Waals surface area contributed by atoms with Gasteiger partial charge in [0.25, 0.3) is 0 Å². The quantitative estimate of drug-likeness (QED) is 0.392. The third-order valence-electron chi connectivity index (χ3n) is 5.20. The highest BCUT2D eigenvalue weighted by atomic mass is 16.5. The van der Waals surface area contributed by atoms with Crippen LogP contribution in [0.4, 0.5) is 11.4 Å². The van der Waals surface area contributed by atoms with Gasteiger partial charge in [-0.25, -0.2) is 0 Å². The van der Waals surface area contributed by atoms with Gasteiger partial charge in [0.2, 0.25) is 0 Å². The normalized spacial score (nSPS) is 10.7. The van der Waals surface area contributed by atoms with Crippen molar-refractivity contribution in [1.29, 1.82) is 0 Å². The maximum Gasteiger partial charge on any atom is 0.158 e. The Kier molecular flexibility index (Phi) is 4.96. The monoisotopic (exact) mass is 380 g/mol. The molecule has 4 aromatic carbocycles. The molecule has 0 aliphatic rings. The molecule has 144 valence electrons. The van der Waals surface area contributed by atoms with Gasteiger partial charge in [-0.15, -0.1) is 0 Å². The molecule has 4 aromatic rings. The number of rotatable bonds is 4. The van der Waals surface area contributed by atoms with E-state index in [9.17, 15) is 0 Å². The Morgan fingerprint density at radius 1 is 0.517 bits per heavy atom. The molecular formula is C26H24N2O. The van der Waals surface area contributed by atoms with Crippen molar-refractivity contribution in [2.24, 2.45) is 0 Å². The lowest BCUT2D eigenvalue weighted by Gasteiger charge is -2.20. The highest BCUT2D eigenvalue weighted by Crippen LogP contribution is 2.45. The van der Waals surface area contributed by atoms with Crippen molar-refractivity contribution in [1.82, 2.24) is 0 Å². The van der Waals surface area contributed by atoms with Gasteiger partial charge >= 0.3 is 0 Å². The SMILES string of the molecule is Cc1ccc(-c2ccccc2)c(Oc2c(-c3ccccc3)ccc(C)c2N)c1N. The highest BCUT2D eigenvalue weighted by molar-refractivity contribution is 5.83. The Morgan fingerprint density at radius 3 is 1.28 bits per heavy atom. The highest BCUT2D eigenvalue weighted by Gasteiger charge is 2.18. The van der Waals surface area contributed by atoms with Crippen LogP contribution in [0.1, 0.15) is 11.1 Å². The minimum Gasteiger partial charge on any atom is -0.452 e. The largest absolute Gasteiger partial charge is 0.452 e. The first kappa shape index (κ1) is 18.6. The lowest BCUT2D eigenvalue weighted by Crippen LogP contribution is -2.02. The van der Waals surface area contributed by atoms with Crippen LogP contribution >= 0.6 is 0 Å². The van der Waals surface area contributed by atoms with Crippen molar-refractivity contribution in [3.8, 4) is 33.8 Å². The van der Waals surface area contributed by atoms with Gasteiger partial charge < -0.3 is 16.2 Å². The first-order valence-corrected chi connectivity index (χ1v) is 9.63. The first-order chi connectivity index (χ1) is 14.1. The van der Waals surface area contributed by atoms with Crippen LogP contribution in [0.5, 0.6) is 11.5 Å². The summed E-state index contributed by atoms with van der Waals surface area (Å²) in [5.74, 6) is 1.26. The second kappa shape index (κ2) is 7.72. The fourth-order valence-corrected chi connectivity index (χ4v) is 3.41. The molecule has 0 atom stereocenters. The molecular weight excluding hydrogens is 356 g/mol. The molecule has 4 N–H and O–H groups in total. The van der Waals surface area contributed by atoms with Gasteiger partial charge in [-0.2, -0.15) is 0 Å². The Morgan fingerprint density at radius 2 is 0.897 bits per heavy atom. The first-order valence-electron chi connectivity index (χ1n) is 9.63. The number of hydrogen-bond donors (Lipinski definition) is 2. The fourth-order valence-electron chi connectivity index (χ4n) is 3.41. The maximum absolute atomic E-state index is 6.52. The molecule has 0 radical (unpaired) electrons. The van der Waals surface area contributed by atoms with E-state index in [1.54, 1.807) is 0 Å². The van der Waals surface area contributed by atoms with Gasteiger partial charge in [-0.1, -0.05) is 84.9 Å². The molecule has 0 fully saturated rings. The van der Waals surface area contributed by atoms with E-state index in [1.807, 2.05) is 74.5 Å². The van der Waals surface area contributed by atoms with Crippen molar-refractivity contribution >= 4 is 11.4 Å². The zero-order valence-corrected chi connectivity index (χ0v) is 16.6. The van der Waals surface area contributed by atoms with Crippen LogP contribution < -0.4 is 16.2 Å². The number of nitrogen functional groups attached to an aromatic ring is 2. The molecule has 29 heavy (non-hydrogen) atoms. The van der Waals surface area contributed by atoms with Gasteiger partial charge in [0.05, 0.1) is 11.4 Å². The lowest BCUT2D eigenvalue weighted by molar-refractivity contribution is 0.490. The molecule has 0 aliphatic carbocycles. The summed E-state index contributed by atoms with van der Waals surface area (Å²) in [4.78, 5) is 0. The third-order valence-corrected chi connectivity index (χ3v) is 5.20. The Balaban J connectivity index is 1.92. The van der Waals surface area contributed by atoms with Crippen molar-refractivity contribution in [2.75, 3.05) is 11.5 Å².